The van der Waals surface area contributed by atoms with Crippen LogP contribution < -0.4 is 5.32 Å². The van der Waals surface area contributed by atoms with Crippen LogP contribution in [0, 0.1) is 17.8 Å². The van der Waals surface area contributed by atoms with Gasteiger partial charge in [0, 0.05) is 0 Å². The maximum Gasteiger partial charge on any atom is -0.00179 e. The second-order valence-electron chi connectivity index (χ2n) is 4.21. The molecule has 1 saturated heterocycles. The summed E-state index contributed by atoms with van der Waals surface area (Å²) in [6.07, 6.45) is 2.81. The van der Waals surface area contributed by atoms with Gasteiger partial charge in [-0.05, 0) is 43.7 Å². The molecule has 11 heavy (non-hydrogen) atoms. The van der Waals surface area contributed by atoms with Gasteiger partial charge in [0.2, 0.25) is 0 Å². The Bertz CT molecular complexity index is 103. The topological polar surface area (TPSA) is 12.0 Å². The van der Waals surface area contributed by atoms with Gasteiger partial charge in [-0.2, -0.15) is 0 Å². The highest BCUT2D eigenvalue weighted by molar-refractivity contribution is 4.75. The third-order valence-electron chi connectivity index (χ3n) is 3.13. The van der Waals surface area contributed by atoms with Crippen LogP contribution in [0.5, 0.6) is 0 Å². The van der Waals surface area contributed by atoms with Crippen molar-refractivity contribution < 1.29 is 0 Å². The molecule has 0 bridgehead atoms. The first kappa shape index (κ1) is 9.05. The van der Waals surface area contributed by atoms with Crippen molar-refractivity contribution in [3.8, 4) is 0 Å². The van der Waals surface area contributed by atoms with E-state index in [2.05, 4.69) is 26.1 Å². The van der Waals surface area contributed by atoms with Gasteiger partial charge < -0.3 is 5.32 Å². The minimum atomic E-state index is 0.847. The van der Waals surface area contributed by atoms with Crippen LogP contribution in [-0.4, -0.2) is 13.1 Å². The van der Waals surface area contributed by atoms with Crippen LogP contribution in [0.2, 0.25) is 0 Å². The highest BCUT2D eigenvalue weighted by atomic mass is 14.9. The third kappa shape index (κ3) is 2.48. The minimum absolute atomic E-state index is 0.847. The zero-order valence-electron chi connectivity index (χ0n) is 8.06. The number of rotatable bonds is 2. The van der Waals surface area contributed by atoms with Crippen molar-refractivity contribution in [2.75, 3.05) is 13.1 Å². The summed E-state index contributed by atoms with van der Waals surface area (Å²) in [4.78, 5) is 0. The summed E-state index contributed by atoms with van der Waals surface area (Å²) >= 11 is 0. The molecule has 1 fully saturated rings. The molecule has 2 atom stereocenters. The van der Waals surface area contributed by atoms with Crippen LogP contribution in [-0.2, 0) is 0 Å². The Hall–Kier alpha value is -0.0400. The Balaban J connectivity index is 2.32. The van der Waals surface area contributed by atoms with Crippen molar-refractivity contribution in [1.82, 2.24) is 5.32 Å². The lowest BCUT2D eigenvalue weighted by molar-refractivity contribution is 0.227. The summed E-state index contributed by atoms with van der Waals surface area (Å²) in [5, 5.41) is 3.47. The molecule has 1 rings (SSSR count). The van der Waals surface area contributed by atoms with Gasteiger partial charge in [-0.25, -0.2) is 0 Å². The fourth-order valence-corrected chi connectivity index (χ4v) is 1.87. The summed E-state index contributed by atoms with van der Waals surface area (Å²) in [7, 11) is 0. The molecule has 0 aromatic rings. The van der Waals surface area contributed by atoms with Crippen molar-refractivity contribution >= 4 is 0 Å². The number of hydrogen-bond donors (Lipinski definition) is 1. The predicted molar refractivity (Wildman–Crippen MR) is 49.6 cm³/mol. The van der Waals surface area contributed by atoms with Gasteiger partial charge in [-0.15, -0.1) is 0 Å². The highest BCUT2D eigenvalue weighted by Crippen LogP contribution is 2.25. The zero-order valence-corrected chi connectivity index (χ0v) is 8.06. The number of piperidine rings is 1. The largest absolute Gasteiger partial charge is 0.316 e. The van der Waals surface area contributed by atoms with E-state index in [4.69, 9.17) is 0 Å². The van der Waals surface area contributed by atoms with Crippen molar-refractivity contribution in [1.29, 1.82) is 0 Å². The Labute approximate surface area is 70.6 Å². The average Bonchev–Trinajstić information content (AvgIpc) is 2.05. The van der Waals surface area contributed by atoms with Gasteiger partial charge in [0.25, 0.3) is 0 Å². The molecule has 0 amide bonds. The smallest absolute Gasteiger partial charge is 0.00179 e. The van der Waals surface area contributed by atoms with Crippen LogP contribution in [0.1, 0.15) is 33.6 Å². The summed E-state index contributed by atoms with van der Waals surface area (Å²) in [5.41, 5.74) is 0. The average molecular weight is 155 g/mol. The minimum Gasteiger partial charge on any atom is -0.316 e. The van der Waals surface area contributed by atoms with Gasteiger partial charge in [-0.1, -0.05) is 20.8 Å². The first-order chi connectivity index (χ1) is 5.22. The molecule has 0 radical (unpaired) electrons. The van der Waals surface area contributed by atoms with Crippen LogP contribution in [0.3, 0.4) is 0 Å². The molecule has 1 nitrogen and oxygen atoms in total. The number of nitrogens with one attached hydrogen (secondary N) is 1. The van der Waals surface area contributed by atoms with Crippen molar-refractivity contribution in [2.24, 2.45) is 17.8 Å². The molecule has 2 unspecified atom stereocenters. The molecule has 0 aromatic carbocycles. The van der Waals surface area contributed by atoms with Crippen molar-refractivity contribution in [2.45, 2.75) is 33.6 Å². The molecular formula is C10H21N. The van der Waals surface area contributed by atoms with Gasteiger partial charge in [0.15, 0.2) is 0 Å². The molecule has 0 aromatic heterocycles. The Morgan fingerprint density at radius 1 is 1.27 bits per heavy atom. The predicted octanol–water partition coefficient (Wildman–Crippen LogP) is 2.28. The van der Waals surface area contributed by atoms with E-state index in [1.165, 1.54) is 25.9 Å². The lowest BCUT2D eigenvalue weighted by atomic mass is 9.81. The molecule has 1 aliphatic heterocycles. The fraction of sp³-hybridized carbons (Fsp3) is 1.00. The van der Waals surface area contributed by atoms with E-state index in [0.717, 1.165) is 17.8 Å². The molecule has 0 saturated carbocycles. The second-order valence-corrected chi connectivity index (χ2v) is 4.21. The molecule has 0 spiro atoms. The first-order valence-corrected chi connectivity index (χ1v) is 4.92. The van der Waals surface area contributed by atoms with Gasteiger partial charge in [0.1, 0.15) is 0 Å². The molecule has 0 aliphatic carbocycles. The quantitative estimate of drug-likeness (QED) is 0.645. The van der Waals surface area contributed by atoms with E-state index in [1.54, 1.807) is 0 Å². The van der Waals surface area contributed by atoms with E-state index in [9.17, 15) is 0 Å². The van der Waals surface area contributed by atoms with Crippen LogP contribution in [0.25, 0.3) is 0 Å². The van der Waals surface area contributed by atoms with Crippen LogP contribution >= 0.6 is 0 Å². The maximum atomic E-state index is 3.47. The monoisotopic (exact) mass is 155 g/mol. The highest BCUT2D eigenvalue weighted by Gasteiger charge is 2.21. The van der Waals surface area contributed by atoms with E-state index >= 15 is 0 Å². The van der Waals surface area contributed by atoms with Crippen LogP contribution in [0.4, 0.5) is 0 Å². The Kier molecular flexibility index (Phi) is 3.38. The Morgan fingerprint density at radius 3 is 2.45 bits per heavy atom. The maximum absolute atomic E-state index is 3.47. The zero-order chi connectivity index (χ0) is 8.27. The summed E-state index contributed by atoms with van der Waals surface area (Å²) in [5.74, 6) is 2.67. The molecular weight excluding hydrogens is 134 g/mol. The second kappa shape index (κ2) is 4.10. The summed E-state index contributed by atoms with van der Waals surface area (Å²) in [6.45, 7) is 9.54. The van der Waals surface area contributed by atoms with E-state index in [0.29, 0.717) is 0 Å². The molecule has 1 heteroatoms. The Morgan fingerprint density at radius 2 is 2.00 bits per heavy atom. The summed E-state index contributed by atoms with van der Waals surface area (Å²) < 4.78 is 0. The van der Waals surface area contributed by atoms with Crippen LogP contribution in [0.15, 0.2) is 0 Å². The van der Waals surface area contributed by atoms with E-state index < -0.39 is 0 Å². The lowest BCUT2D eigenvalue weighted by Gasteiger charge is -2.30. The number of hydrogen-bond acceptors (Lipinski definition) is 1. The molecule has 1 N–H and O–H groups in total. The fourth-order valence-electron chi connectivity index (χ4n) is 1.87. The van der Waals surface area contributed by atoms with Gasteiger partial charge in [0.05, 0.1) is 0 Å². The van der Waals surface area contributed by atoms with Gasteiger partial charge >= 0.3 is 0 Å². The van der Waals surface area contributed by atoms with Crippen molar-refractivity contribution in [3.05, 3.63) is 0 Å². The molecule has 66 valence electrons. The van der Waals surface area contributed by atoms with Crippen molar-refractivity contribution in [3.63, 3.8) is 0 Å². The first-order valence-electron chi connectivity index (χ1n) is 4.92. The SMILES string of the molecule is CC(C)C(C)C1CCCNC1. The lowest BCUT2D eigenvalue weighted by Crippen LogP contribution is -2.34. The van der Waals surface area contributed by atoms with Gasteiger partial charge in [-0.3, -0.25) is 0 Å². The third-order valence-corrected chi connectivity index (χ3v) is 3.13. The van der Waals surface area contributed by atoms with E-state index in [1.807, 2.05) is 0 Å². The standard InChI is InChI=1S/C10H21N/c1-8(2)9(3)10-5-4-6-11-7-10/h8-11H,4-7H2,1-3H3. The molecule has 1 aliphatic rings. The van der Waals surface area contributed by atoms with E-state index in [-0.39, 0.29) is 0 Å². The molecule has 1 heterocycles. The normalized spacial score (nSPS) is 28.9. The summed E-state index contributed by atoms with van der Waals surface area (Å²) in [6, 6.07) is 0.